The highest BCUT2D eigenvalue weighted by molar-refractivity contribution is 4.64. The third kappa shape index (κ3) is 5.18. The molecule has 0 aromatic heterocycles. The van der Waals surface area contributed by atoms with Gasteiger partial charge in [0.1, 0.15) is 0 Å². The molecule has 0 spiro atoms. The molecule has 1 atom stereocenters. The molecule has 0 aromatic rings. The minimum atomic E-state index is 0.517. The highest BCUT2D eigenvalue weighted by Gasteiger charge is 2.09. The molecule has 0 aliphatic rings. The van der Waals surface area contributed by atoms with Crippen molar-refractivity contribution in [3.05, 3.63) is 0 Å². The monoisotopic (exact) mass is 160 g/mol. The highest BCUT2D eigenvalue weighted by atomic mass is 16.5. The minimum Gasteiger partial charge on any atom is -0.383 e. The van der Waals surface area contributed by atoms with Gasteiger partial charge in [0.25, 0.3) is 0 Å². The van der Waals surface area contributed by atoms with Crippen molar-refractivity contribution >= 4 is 0 Å². The van der Waals surface area contributed by atoms with Gasteiger partial charge in [-0.25, -0.2) is 0 Å². The van der Waals surface area contributed by atoms with Crippen LogP contribution in [0.2, 0.25) is 0 Å². The summed E-state index contributed by atoms with van der Waals surface area (Å²) in [6, 6.07) is 0.517. The van der Waals surface area contributed by atoms with Crippen molar-refractivity contribution in [3.8, 4) is 0 Å². The molecule has 1 unspecified atom stereocenters. The number of ether oxygens (including phenoxy) is 1. The Morgan fingerprint density at radius 3 is 2.45 bits per heavy atom. The van der Waals surface area contributed by atoms with Crippen LogP contribution in [0.1, 0.15) is 12.8 Å². The van der Waals surface area contributed by atoms with Gasteiger partial charge >= 0.3 is 0 Å². The number of nitrogens with two attached hydrogens (primary N) is 1. The third-order valence-corrected chi connectivity index (χ3v) is 1.83. The molecule has 0 aliphatic carbocycles. The molecule has 0 rings (SSSR count). The van der Waals surface area contributed by atoms with Crippen molar-refractivity contribution in [3.63, 3.8) is 0 Å². The van der Waals surface area contributed by atoms with Gasteiger partial charge in [0, 0.05) is 13.2 Å². The van der Waals surface area contributed by atoms with Gasteiger partial charge in [-0.05, 0) is 33.5 Å². The van der Waals surface area contributed by atoms with E-state index < -0.39 is 0 Å². The summed E-state index contributed by atoms with van der Waals surface area (Å²) in [6.07, 6.45) is 2.20. The molecule has 11 heavy (non-hydrogen) atoms. The van der Waals surface area contributed by atoms with Gasteiger partial charge in [-0.1, -0.05) is 0 Å². The van der Waals surface area contributed by atoms with E-state index in [0.717, 1.165) is 26.0 Å². The van der Waals surface area contributed by atoms with Crippen LogP contribution in [0.5, 0.6) is 0 Å². The Hall–Kier alpha value is -0.120. The second-order valence-electron chi connectivity index (χ2n) is 3.00. The van der Waals surface area contributed by atoms with Crippen LogP contribution >= 0.6 is 0 Å². The minimum absolute atomic E-state index is 0.517. The molecule has 3 heteroatoms. The van der Waals surface area contributed by atoms with Gasteiger partial charge in [-0.2, -0.15) is 0 Å². The Bertz CT molecular complexity index is 86.2. The van der Waals surface area contributed by atoms with Crippen molar-refractivity contribution in [2.24, 2.45) is 5.73 Å². The van der Waals surface area contributed by atoms with Crippen LogP contribution in [0.15, 0.2) is 0 Å². The molecule has 0 aliphatic heterocycles. The lowest BCUT2D eigenvalue weighted by atomic mass is 10.1. The van der Waals surface area contributed by atoms with E-state index in [1.807, 2.05) is 0 Å². The number of methoxy groups -OCH3 is 1. The Balaban J connectivity index is 3.51. The fourth-order valence-electron chi connectivity index (χ4n) is 1.04. The molecule has 0 heterocycles. The summed E-state index contributed by atoms with van der Waals surface area (Å²) in [5, 5.41) is 0. The molecule has 0 saturated carbocycles. The Morgan fingerprint density at radius 1 is 1.45 bits per heavy atom. The summed E-state index contributed by atoms with van der Waals surface area (Å²) in [7, 11) is 5.87. The average molecular weight is 160 g/mol. The molecule has 0 aromatic carbocycles. The Morgan fingerprint density at radius 2 is 2.09 bits per heavy atom. The van der Waals surface area contributed by atoms with Crippen LogP contribution in [-0.4, -0.2) is 45.3 Å². The highest BCUT2D eigenvalue weighted by Crippen LogP contribution is 2.02. The number of likely N-dealkylation sites (N-methyl/N-ethyl adjacent to an activating group) is 1. The topological polar surface area (TPSA) is 38.5 Å². The Kier molecular flexibility index (Phi) is 6.51. The van der Waals surface area contributed by atoms with Crippen LogP contribution in [-0.2, 0) is 4.74 Å². The molecular weight excluding hydrogens is 140 g/mol. The fraction of sp³-hybridized carbons (Fsp3) is 1.00. The average Bonchev–Trinajstić information content (AvgIpc) is 1.97. The molecular formula is C8H20N2O. The maximum Gasteiger partial charge on any atom is 0.0617 e. The third-order valence-electron chi connectivity index (χ3n) is 1.83. The van der Waals surface area contributed by atoms with Crippen LogP contribution in [0.4, 0.5) is 0 Å². The molecule has 2 N–H and O–H groups in total. The van der Waals surface area contributed by atoms with Crippen molar-refractivity contribution in [1.29, 1.82) is 0 Å². The first-order valence-electron chi connectivity index (χ1n) is 4.07. The van der Waals surface area contributed by atoms with Gasteiger partial charge in [0.15, 0.2) is 0 Å². The molecule has 0 bridgehead atoms. The second-order valence-corrected chi connectivity index (χ2v) is 3.00. The van der Waals surface area contributed by atoms with Crippen LogP contribution in [0.25, 0.3) is 0 Å². The summed E-state index contributed by atoms with van der Waals surface area (Å²) in [6.45, 7) is 1.57. The van der Waals surface area contributed by atoms with E-state index in [9.17, 15) is 0 Å². The number of nitrogens with zero attached hydrogens (tertiary/aromatic N) is 1. The van der Waals surface area contributed by atoms with E-state index in [1.165, 1.54) is 0 Å². The van der Waals surface area contributed by atoms with Gasteiger partial charge < -0.3 is 15.4 Å². The predicted octanol–water partition coefficient (Wildman–Crippen LogP) is 0.302. The van der Waals surface area contributed by atoms with Crippen LogP contribution < -0.4 is 5.73 Å². The van der Waals surface area contributed by atoms with E-state index >= 15 is 0 Å². The van der Waals surface area contributed by atoms with Gasteiger partial charge in [-0.15, -0.1) is 0 Å². The second kappa shape index (κ2) is 6.58. The zero-order valence-electron chi connectivity index (χ0n) is 7.84. The first kappa shape index (κ1) is 10.9. The van der Waals surface area contributed by atoms with Crippen molar-refractivity contribution in [1.82, 2.24) is 4.90 Å². The summed E-state index contributed by atoms with van der Waals surface area (Å²) in [4.78, 5) is 2.18. The molecule has 0 amide bonds. The normalized spacial score (nSPS) is 13.9. The molecule has 0 saturated heterocycles. The van der Waals surface area contributed by atoms with E-state index in [1.54, 1.807) is 7.11 Å². The molecule has 3 nitrogen and oxygen atoms in total. The number of rotatable bonds is 6. The predicted molar refractivity (Wildman–Crippen MR) is 47.6 cm³/mol. The molecule has 68 valence electrons. The zero-order chi connectivity index (χ0) is 8.69. The van der Waals surface area contributed by atoms with Crippen LogP contribution in [0, 0.1) is 0 Å². The smallest absolute Gasteiger partial charge is 0.0617 e. The van der Waals surface area contributed by atoms with Gasteiger partial charge in [0.05, 0.1) is 6.61 Å². The lowest BCUT2D eigenvalue weighted by molar-refractivity contribution is 0.114. The zero-order valence-corrected chi connectivity index (χ0v) is 7.84. The molecule has 0 radical (unpaired) electrons. The van der Waals surface area contributed by atoms with Crippen molar-refractivity contribution in [2.75, 3.05) is 34.4 Å². The quantitative estimate of drug-likeness (QED) is 0.607. The van der Waals surface area contributed by atoms with E-state index in [2.05, 4.69) is 19.0 Å². The number of hydrogen-bond donors (Lipinski definition) is 1. The van der Waals surface area contributed by atoms with E-state index in [4.69, 9.17) is 10.5 Å². The number of hydrogen-bond acceptors (Lipinski definition) is 3. The lowest BCUT2D eigenvalue weighted by Gasteiger charge is -2.22. The lowest BCUT2D eigenvalue weighted by Crippen LogP contribution is -2.32. The van der Waals surface area contributed by atoms with E-state index in [-0.39, 0.29) is 0 Å². The maximum atomic E-state index is 5.41. The SMILES string of the molecule is COCC(CCCN)N(C)C. The standard InChI is InChI=1S/C8H20N2O/c1-10(2)8(7-11-3)5-4-6-9/h8H,4-7,9H2,1-3H3. The largest absolute Gasteiger partial charge is 0.383 e. The van der Waals surface area contributed by atoms with Crippen molar-refractivity contribution in [2.45, 2.75) is 18.9 Å². The first-order valence-corrected chi connectivity index (χ1v) is 4.07. The Labute approximate surface area is 69.5 Å². The van der Waals surface area contributed by atoms with Gasteiger partial charge in [-0.3, -0.25) is 0 Å². The molecule has 0 fully saturated rings. The first-order chi connectivity index (χ1) is 5.22. The maximum absolute atomic E-state index is 5.41. The summed E-state index contributed by atoms with van der Waals surface area (Å²) >= 11 is 0. The van der Waals surface area contributed by atoms with Crippen LogP contribution in [0.3, 0.4) is 0 Å². The summed E-state index contributed by atoms with van der Waals surface area (Å²) < 4.78 is 5.08. The van der Waals surface area contributed by atoms with Crippen molar-refractivity contribution < 1.29 is 4.74 Å². The van der Waals surface area contributed by atoms with Gasteiger partial charge in [0.2, 0.25) is 0 Å². The summed E-state index contributed by atoms with van der Waals surface area (Å²) in [5.41, 5.74) is 5.41. The fourth-order valence-corrected chi connectivity index (χ4v) is 1.04. The summed E-state index contributed by atoms with van der Waals surface area (Å²) in [5.74, 6) is 0. The van der Waals surface area contributed by atoms with E-state index in [0.29, 0.717) is 6.04 Å².